The number of rotatable bonds is 2. The first-order valence-corrected chi connectivity index (χ1v) is 5.15. The van der Waals surface area contributed by atoms with Crippen molar-refractivity contribution in [3.63, 3.8) is 0 Å². The molecule has 0 saturated heterocycles. The minimum atomic E-state index is -0.0840. The number of nitrogens with zero attached hydrogens (tertiary/aromatic N) is 2. The summed E-state index contributed by atoms with van der Waals surface area (Å²) in [5.74, 6) is -0.0840. The lowest BCUT2D eigenvalue weighted by molar-refractivity contribution is 0.0786. The van der Waals surface area contributed by atoms with Crippen molar-refractivity contribution in [2.45, 2.75) is 18.9 Å². The molecular weight excluding hydrogens is 214 g/mol. The van der Waals surface area contributed by atoms with Gasteiger partial charge in [-0.15, -0.1) is 0 Å². The molecule has 1 amide bonds. The number of nitrogen functional groups attached to an aromatic ring is 1. The highest BCUT2D eigenvalue weighted by atomic mass is 35.5. The average molecular weight is 226 g/mol. The second-order valence-corrected chi connectivity index (χ2v) is 4.13. The van der Waals surface area contributed by atoms with Gasteiger partial charge in [0.05, 0.1) is 17.4 Å². The largest absolute Gasteiger partial charge is 0.397 e. The number of carbonyl (C=O) groups is 1. The molecule has 1 aromatic rings. The molecule has 0 aromatic carbocycles. The van der Waals surface area contributed by atoms with Gasteiger partial charge < -0.3 is 10.6 Å². The number of anilines is 1. The molecule has 5 heteroatoms. The number of nitrogens with two attached hydrogens (primary N) is 1. The van der Waals surface area contributed by atoms with Crippen molar-refractivity contribution < 1.29 is 4.79 Å². The Bertz CT molecular complexity index is 404. The van der Waals surface area contributed by atoms with E-state index in [1.54, 1.807) is 11.9 Å². The summed E-state index contributed by atoms with van der Waals surface area (Å²) in [5, 5.41) is 0.289. The Kier molecular flexibility index (Phi) is 2.52. The first-order chi connectivity index (χ1) is 7.09. The summed E-state index contributed by atoms with van der Waals surface area (Å²) in [6, 6.07) is 1.88. The summed E-state index contributed by atoms with van der Waals surface area (Å²) in [6.45, 7) is 0. The summed E-state index contributed by atoms with van der Waals surface area (Å²) in [4.78, 5) is 17.5. The first kappa shape index (κ1) is 10.2. The fourth-order valence-electron chi connectivity index (χ4n) is 1.44. The van der Waals surface area contributed by atoms with Crippen LogP contribution < -0.4 is 5.73 Å². The summed E-state index contributed by atoms with van der Waals surface area (Å²) >= 11 is 5.72. The van der Waals surface area contributed by atoms with Crippen LogP contribution in [0.15, 0.2) is 12.3 Å². The quantitative estimate of drug-likeness (QED) is 0.777. The fourth-order valence-corrected chi connectivity index (χ4v) is 1.60. The molecule has 2 N–H and O–H groups in total. The lowest BCUT2D eigenvalue weighted by atomic mass is 10.2. The molecule has 15 heavy (non-hydrogen) atoms. The van der Waals surface area contributed by atoms with E-state index >= 15 is 0 Å². The van der Waals surface area contributed by atoms with E-state index in [0.29, 0.717) is 17.3 Å². The molecule has 1 aliphatic rings. The van der Waals surface area contributed by atoms with Crippen LogP contribution in [0.25, 0.3) is 0 Å². The van der Waals surface area contributed by atoms with Crippen LogP contribution in [0, 0.1) is 0 Å². The molecular formula is C10H12ClN3O. The Hall–Kier alpha value is -1.29. The molecule has 1 fully saturated rings. The smallest absolute Gasteiger partial charge is 0.256 e. The number of hydrogen-bond donors (Lipinski definition) is 1. The Balaban J connectivity index is 2.27. The van der Waals surface area contributed by atoms with Crippen molar-refractivity contribution in [2.24, 2.45) is 0 Å². The van der Waals surface area contributed by atoms with Gasteiger partial charge in [0.15, 0.2) is 0 Å². The molecule has 1 saturated carbocycles. The van der Waals surface area contributed by atoms with Crippen LogP contribution >= 0.6 is 11.6 Å². The Morgan fingerprint density at radius 2 is 2.33 bits per heavy atom. The van der Waals surface area contributed by atoms with Gasteiger partial charge in [0.25, 0.3) is 5.91 Å². The summed E-state index contributed by atoms with van der Waals surface area (Å²) in [7, 11) is 1.79. The third-order valence-corrected chi connectivity index (χ3v) is 2.75. The van der Waals surface area contributed by atoms with Crippen LogP contribution in [0.5, 0.6) is 0 Å². The third-order valence-electron chi connectivity index (χ3n) is 2.55. The zero-order valence-corrected chi connectivity index (χ0v) is 9.16. The van der Waals surface area contributed by atoms with Crippen molar-refractivity contribution >= 4 is 23.2 Å². The highest BCUT2D eigenvalue weighted by Crippen LogP contribution is 2.28. The molecule has 2 rings (SSSR count). The zero-order chi connectivity index (χ0) is 11.0. The maximum atomic E-state index is 12.0. The van der Waals surface area contributed by atoms with Crippen LogP contribution in [-0.4, -0.2) is 28.9 Å². The molecule has 4 nitrogen and oxygen atoms in total. The third kappa shape index (κ3) is 2.04. The zero-order valence-electron chi connectivity index (χ0n) is 8.40. The standard InChI is InChI=1S/C10H12ClN3O/c1-14(6-2-3-6)10(15)7-4-9(11)13-5-8(7)12/h4-6H,2-3,12H2,1H3. The molecule has 0 unspecified atom stereocenters. The highest BCUT2D eigenvalue weighted by Gasteiger charge is 2.30. The number of pyridine rings is 1. The van der Waals surface area contributed by atoms with E-state index in [-0.39, 0.29) is 11.1 Å². The lowest BCUT2D eigenvalue weighted by Gasteiger charge is -2.17. The Morgan fingerprint density at radius 3 is 2.93 bits per heavy atom. The monoisotopic (exact) mass is 225 g/mol. The Morgan fingerprint density at radius 1 is 1.67 bits per heavy atom. The fraction of sp³-hybridized carbons (Fsp3) is 0.400. The van der Waals surface area contributed by atoms with Gasteiger partial charge in [0.1, 0.15) is 5.15 Å². The van der Waals surface area contributed by atoms with Gasteiger partial charge in [-0.2, -0.15) is 0 Å². The van der Waals surface area contributed by atoms with Crippen LogP contribution in [0.4, 0.5) is 5.69 Å². The van der Waals surface area contributed by atoms with Gasteiger partial charge in [0, 0.05) is 13.1 Å². The van der Waals surface area contributed by atoms with Gasteiger partial charge in [-0.3, -0.25) is 4.79 Å². The van der Waals surface area contributed by atoms with E-state index in [2.05, 4.69) is 4.98 Å². The number of halogens is 1. The summed E-state index contributed by atoms with van der Waals surface area (Å²) in [6.07, 6.45) is 3.55. The van der Waals surface area contributed by atoms with Crippen molar-refractivity contribution in [3.05, 3.63) is 23.0 Å². The van der Waals surface area contributed by atoms with Crippen LogP contribution in [-0.2, 0) is 0 Å². The number of amides is 1. The van der Waals surface area contributed by atoms with Crippen LogP contribution in [0.2, 0.25) is 5.15 Å². The number of hydrogen-bond acceptors (Lipinski definition) is 3. The minimum Gasteiger partial charge on any atom is -0.397 e. The lowest BCUT2D eigenvalue weighted by Crippen LogP contribution is -2.29. The van der Waals surface area contributed by atoms with Crippen LogP contribution in [0.3, 0.4) is 0 Å². The minimum absolute atomic E-state index is 0.0840. The molecule has 0 spiro atoms. The van der Waals surface area contributed by atoms with E-state index in [4.69, 9.17) is 17.3 Å². The summed E-state index contributed by atoms with van der Waals surface area (Å²) < 4.78 is 0. The van der Waals surface area contributed by atoms with E-state index in [9.17, 15) is 4.79 Å². The molecule has 80 valence electrons. The van der Waals surface area contributed by atoms with Crippen LogP contribution in [0.1, 0.15) is 23.2 Å². The predicted octanol–water partition coefficient (Wildman–Crippen LogP) is 1.55. The van der Waals surface area contributed by atoms with Crippen molar-refractivity contribution in [3.8, 4) is 0 Å². The Labute approximate surface area is 93.0 Å². The van der Waals surface area contributed by atoms with E-state index in [1.807, 2.05) is 0 Å². The van der Waals surface area contributed by atoms with E-state index < -0.39 is 0 Å². The van der Waals surface area contributed by atoms with E-state index in [0.717, 1.165) is 12.8 Å². The van der Waals surface area contributed by atoms with Gasteiger partial charge in [-0.25, -0.2) is 4.98 Å². The molecule has 1 aromatic heterocycles. The average Bonchev–Trinajstić information content (AvgIpc) is 3.03. The van der Waals surface area contributed by atoms with Gasteiger partial charge in [-0.05, 0) is 18.9 Å². The highest BCUT2D eigenvalue weighted by molar-refractivity contribution is 6.29. The molecule has 0 radical (unpaired) electrons. The maximum Gasteiger partial charge on any atom is 0.256 e. The van der Waals surface area contributed by atoms with Gasteiger partial charge >= 0.3 is 0 Å². The molecule has 1 heterocycles. The number of aromatic nitrogens is 1. The SMILES string of the molecule is CN(C(=O)c1cc(Cl)ncc1N)C1CC1. The number of carbonyl (C=O) groups excluding carboxylic acids is 1. The van der Waals surface area contributed by atoms with Gasteiger partial charge in [-0.1, -0.05) is 11.6 Å². The summed E-state index contributed by atoms with van der Waals surface area (Å²) in [5.41, 5.74) is 6.49. The van der Waals surface area contributed by atoms with Crippen molar-refractivity contribution in [2.75, 3.05) is 12.8 Å². The van der Waals surface area contributed by atoms with E-state index in [1.165, 1.54) is 12.3 Å². The molecule has 0 bridgehead atoms. The molecule has 0 aliphatic heterocycles. The predicted molar refractivity (Wildman–Crippen MR) is 58.8 cm³/mol. The molecule has 1 aliphatic carbocycles. The second-order valence-electron chi connectivity index (χ2n) is 3.74. The second kappa shape index (κ2) is 3.70. The first-order valence-electron chi connectivity index (χ1n) is 4.78. The van der Waals surface area contributed by atoms with Gasteiger partial charge in [0.2, 0.25) is 0 Å². The van der Waals surface area contributed by atoms with Crippen molar-refractivity contribution in [1.82, 2.24) is 9.88 Å². The maximum absolute atomic E-state index is 12.0. The van der Waals surface area contributed by atoms with Crippen molar-refractivity contribution in [1.29, 1.82) is 0 Å². The topological polar surface area (TPSA) is 59.2 Å². The normalized spacial score (nSPS) is 15.1. The molecule has 0 atom stereocenters.